The summed E-state index contributed by atoms with van der Waals surface area (Å²) in [5.41, 5.74) is 1.21. The second-order valence-electron chi connectivity index (χ2n) is 5.97. The molecule has 116 valence electrons. The minimum atomic E-state index is -0.381. The van der Waals surface area contributed by atoms with E-state index in [9.17, 15) is 15.2 Å². The van der Waals surface area contributed by atoms with Crippen LogP contribution in [0.3, 0.4) is 0 Å². The van der Waals surface area contributed by atoms with Gasteiger partial charge >= 0.3 is 0 Å². The number of rotatable bonds is 6. The number of aliphatic hydroxyl groups excluding tert-OH is 1. The highest BCUT2D eigenvalue weighted by molar-refractivity contribution is 5.32. The maximum absolute atomic E-state index is 10.6. The third kappa shape index (κ3) is 4.49. The third-order valence-corrected chi connectivity index (χ3v) is 3.92. The molecule has 1 aliphatic heterocycles. The molecule has 1 heterocycles. The Balaban J connectivity index is 1.90. The van der Waals surface area contributed by atoms with Gasteiger partial charge in [-0.25, -0.2) is 0 Å². The number of non-ortho nitro benzene ring substituents is 1. The van der Waals surface area contributed by atoms with Gasteiger partial charge in [0.1, 0.15) is 0 Å². The molecule has 2 rings (SSSR count). The van der Waals surface area contributed by atoms with E-state index in [0.717, 1.165) is 31.5 Å². The molecule has 1 aliphatic rings. The number of nitro benzene ring substituents is 1. The molecule has 1 aromatic carbocycles. The molecule has 0 spiro atoms. The molecule has 0 aromatic heterocycles. The van der Waals surface area contributed by atoms with Gasteiger partial charge in [-0.05, 0) is 32.5 Å². The predicted octanol–water partition coefficient (Wildman–Crippen LogP) is 1.13. The third-order valence-electron chi connectivity index (χ3n) is 3.92. The molecular formula is C15H23N3O3. The normalized spacial score (nSPS) is 22.9. The first kappa shape index (κ1) is 15.9. The van der Waals surface area contributed by atoms with Gasteiger partial charge in [0.05, 0.1) is 11.0 Å². The van der Waals surface area contributed by atoms with E-state index < -0.39 is 0 Å². The first-order chi connectivity index (χ1) is 9.95. The maximum atomic E-state index is 10.6. The van der Waals surface area contributed by atoms with Gasteiger partial charge in [0.2, 0.25) is 0 Å². The molecule has 2 atom stereocenters. The Bertz CT molecular complexity index is 476. The molecular weight excluding hydrogens is 270 g/mol. The van der Waals surface area contributed by atoms with Crippen molar-refractivity contribution in [1.82, 2.24) is 9.80 Å². The van der Waals surface area contributed by atoms with Gasteiger partial charge in [0, 0.05) is 37.8 Å². The molecule has 0 aliphatic carbocycles. The van der Waals surface area contributed by atoms with Gasteiger partial charge in [0.15, 0.2) is 0 Å². The van der Waals surface area contributed by atoms with Crippen molar-refractivity contribution >= 4 is 5.69 Å². The molecule has 0 amide bonds. The number of nitro groups is 1. The highest BCUT2D eigenvalue weighted by atomic mass is 16.6. The monoisotopic (exact) mass is 293 g/mol. The topological polar surface area (TPSA) is 69.8 Å². The lowest BCUT2D eigenvalue weighted by Gasteiger charge is -2.26. The standard InChI is InChI=1S/C15H23N3O3/c1-16(2)10-14-9-15(19)11-17(14)8-7-12-3-5-13(6-4-12)18(20)21/h3-6,14-15,19H,7-11H2,1-2H3. The Hall–Kier alpha value is -1.50. The number of likely N-dealkylation sites (N-methyl/N-ethyl adjacent to an activating group) is 1. The summed E-state index contributed by atoms with van der Waals surface area (Å²) in [5.74, 6) is 0. The summed E-state index contributed by atoms with van der Waals surface area (Å²) in [7, 11) is 4.08. The van der Waals surface area contributed by atoms with Crippen LogP contribution in [0.5, 0.6) is 0 Å². The van der Waals surface area contributed by atoms with Crippen molar-refractivity contribution < 1.29 is 10.0 Å². The van der Waals surface area contributed by atoms with Gasteiger partial charge in [-0.3, -0.25) is 15.0 Å². The molecule has 21 heavy (non-hydrogen) atoms. The van der Waals surface area contributed by atoms with E-state index in [1.165, 1.54) is 0 Å². The lowest BCUT2D eigenvalue weighted by molar-refractivity contribution is -0.384. The van der Waals surface area contributed by atoms with Gasteiger partial charge in [0.25, 0.3) is 5.69 Å². The summed E-state index contributed by atoms with van der Waals surface area (Å²) in [6.07, 6.45) is 1.42. The molecule has 1 N–H and O–H groups in total. The summed E-state index contributed by atoms with van der Waals surface area (Å²) in [6, 6.07) is 7.10. The second kappa shape index (κ2) is 6.98. The molecule has 6 nitrogen and oxygen atoms in total. The van der Waals surface area contributed by atoms with Crippen LogP contribution in [-0.4, -0.2) is 65.7 Å². The highest BCUT2D eigenvalue weighted by Crippen LogP contribution is 2.19. The van der Waals surface area contributed by atoms with Crippen molar-refractivity contribution in [3.8, 4) is 0 Å². The van der Waals surface area contributed by atoms with E-state index in [4.69, 9.17) is 0 Å². The van der Waals surface area contributed by atoms with Crippen LogP contribution in [-0.2, 0) is 6.42 Å². The highest BCUT2D eigenvalue weighted by Gasteiger charge is 2.30. The van der Waals surface area contributed by atoms with Gasteiger partial charge in [-0.1, -0.05) is 12.1 Å². The zero-order valence-corrected chi connectivity index (χ0v) is 12.6. The molecule has 6 heteroatoms. The molecule has 1 saturated heterocycles. The van der Waals surface area contributed by atoms with Crippen LogP contribution in [0, 0.1) is 10.1 Å². The van der Waals surface area contributed by atoms with Crippen LogP contribution < -0.4 is 0 Å². The zero-order chi connectivity index (χ0) is 15.4. The van der Waals surface area contributed by atoms with E-state index in [0.29, 0.717) is 12.6 Å². The first-order valence-corrected chi connectivity index (χ1v) is 7.26. The van der Waals surface area contributed by atoms with Crippen molar-refractivity contribution in [3.63, 3.8) is 0 Å². The fourth-order valence-corrected chi connectivity index (χ4v) is 2.90. The Labute approximate surface area is 125 Å². The van der Waals surface area contributed by atoms with Gasteiger partial charge in [-0.2, -0.15) is 0 Å². The van der Waals surface area contributed by atoms with Gasteiger partial charge < -0.3 is 10.0 Å². The number of nitrogens with zero attached hydrogens (tertiary/aromatic N) is 3. The lowest BCUT2D eigenvalue weighted by atomic mass is 10.1. The quantitative estimate of drug-likeness (QED) is 0.629. The fourth-order valence-electron chi connectivity index (χ4n) is 2.90. The Morgan fingerprint density at radius 3 is 2.62 bits per heavy atom. The first-order valence-electron chi connectivity index (χ1n) is 7.26. The number of hydrogen-bond acceptors (Lipinski definition) is 5. The number of benzene rings is 1. The van der Waals surface area contributed by atoms with Crippen molar-refractivity contribution in [3.05, 3.63) is 39.9 Å². The Kier molecular flexibility index (Phi) is 5.27. The predicted molar refractivity (Wildman–Crippen MR) is 81.3 cm³/mol. The second-order valence-corrected chi connectivity index (χ2v) is 5.97. The zero-order valence-electron chi connectivity index (χ0n) is 12.6. The van der Waals surface area contributed by atoms with Crippen molar-refractivity contribution in [2.75, 3.05) is 33.7 Å². The molecule has 2 unspecified atom stereocenters. The van der Waals surface area contributed by atoms with E-state index in [1.807, 2.05) is 26.2 Å². The van der Waals surface area contributed by atoms with E-state index in [2.05, 4.69) is 9.80 Å². The number of likely N-dealkylation sites (tertiary alicyclic amines) is 1. The van der Waals surface area contributed by atoms with E-state index in [1.54, 1.807) is 12.1 Å². The molecule has 0 saturated carbocycles. The molecule has 1 aromatic rings. The van der Waals surface area contributed by atoms with Crippen molar-refractivity contribution in [2.24, 2.45) is 0 Å². The van der Waals surface area contributed by atoms with Crippen molar-refractivity contribution in [2.45, 2.75) is 25.0 Å². The number of aliphatic hydroxyl groups is 1. The SMILES string of the molecule is CN(C)CC1CC(O)CN1CCc1ccc([N+](=O)[O-])cc1. The molecule has 0 radical (unpaired) electrons. The maximum Gasteiger partial charge on any atom is 0.269 e. The van der Waals surface area contributed by atoms with Crippen molar-refractivity contribution in [1.29, 1.82) is 0 Å². The van der Waals surface area contributed by atoms with Crippen LogP contribution in [0.15, 0.2) is 24.3 Å². The Morgan fingerprint density at radius 1 is 1.38 bits per heavy atom. The fraction of sp³-hybridized carbons (Fsp3) is 0.600. The summed E-state index contributed by atoms with van der Waals surface area (Å²) in [4.78, 5) is 14.7. The largest absolute Gasteiger partial charge is 0.392 e. The summed E-state index contributed by atoms with van der Waals surface area (Å²) >= 11 is 0. The molecule has 1 fully saturated rings. The van der Waals surface area contributed by atoms with Crippen LogP contribution in [0.2, 0.25) is 0 Å². The van der Waals surface area contributed by atoms with E-state index in [-0.39, 0.29) is 16.7 Å². The number of hydrogen-bond donors (Lipinski definition) is 1. The van der Waals surface area contributed by atoms with Gasteiger partial charge in [-0.15, -0.1) is 0 Å². The Morgan fingerprint density at radius 2 is 2.05 bits per heavy atom. The van der Waals surface area contributed by atoms with Crippen LogP contribution in [0.1, 0.15) is 12.0 Å². The number of β-amino-alcohol motifs (C(OH)–C–C–N with tert-alkyl or cyclic N) is 1. The van der Waals surface area contributed by atoms with Crippen LogP contribution in [0.4, 0.5) is 5.69 Å². The van der Waals surface area contributed by atoms with Crippen LogP contribution in [0.25, 0.3) is 0 Å². The summed E-state index contributed by atoms with van der Waals surface area (Å²) in [6.45, 7) is 2.52. The average molecular weight is 293 g/mol. The minimum Gasteiger partial charge on any atom is -0.392 e. The minimum absolute atomic E-state index is 0.126. The lowest BCUT2D eigenvalue weighted by Crippen LogP contribution is -2.38. The smallest absolute Gasteiger partial charge is 0.269 e. The van der Waals surface area contributed by atoms with E-state index >= 15 is 0 Å². The van der Waals surface area contributed by atoms with Crippen LogP contribution >= 0.6 is 0 Å². The summed E-state index contributed by atoms with van der Waals surface area (Å²) in [5, 5.41) is 20.5. The average Bonchev–Trinajstić information content (AvgIpc) is 2.76. The molecule has 0 bridgehead atoms. The summed E-state index contributed by atoms with van der Waals surface area (Å²) < 4.78 is 0.